The average Bonchev–Trinajstić information content (AvgIpc) is 2.59. The van der Waals surface area contributed by atoms with Crippen molar-refractivity contribution < 1.29 is 33.7 Å². The number of rotatable bonds is 13. The molecule has 13 heteroatoms. The third-order valence-corrected chi connectivity index (χ3v) is 6.67. The van der Waals surface area contributed by atoms with Gasteiger partial charge in [0.05, 0.1) is 18.7 Å². The normalized spacial score (nSPS) is 18.4. The molecule has 2 amide bonds. The fraction of sp³-hybridized carbons (Fsp3) is 0.750. The Balaban J connectivity index is 5.52. The first-order chi connectivity index (χ1) is 13.2. The van der Waals surface area contributed by atoms with Crippen LogP contribution in [-0.2, 0) is 23.7 Å². The Bertz CT molecular complexity index is 668. The zero-order chi connectivity index (χ0) is 23.0. The molecule has 0 aromatic carbocycles. The van der Waals surface area contributed by atoms with Crippen LogP contribution in [-0.4, -0.2) is 70.3 Å². The molecule has 0 aliphatic rings. The average molecular weight is 437 g/mol. The Morgan fingerprint density at radius 3 is 2.17 bits per heavy atom. The smallest absolute Gasteiger partial charge is 0.306 e. The third-order valence-electron chi connectivity index (χ3n) is 4.29. The van der Waals surface area contributed by atoms with Gasteiger partial charge in [-0.15, -0.1) is 0 Å². The molecule has 0 aromatic rings. The lowest BCUT2D eigenvalue weighted by atomic mass is 9.95. The van der Waals surface area contributed by atoms with Crippen molar-refractivity contribution in [2.45, 2.75) is 63.2 Å². The second kappa shape index (κ2) is 11.4. The van der Waals surface area contributed by atoms with Crippen molar-refractivity contribution in [2.24, 2.45) is 11.5 Å². The molecule has 0 aliphatic heterocycles. The zero-order valence-corrected chi connectivity index (χ0v) is 18.0. The van der Waals surface area contributed by atoms with E-state index in [1.54, 1.807) is 6.92 Å². The van der Waals surface area contributed by atoms with Gasteiger partial charge < -0.3 is 37.4 Å². The van der Waals surface area contributed by atoms with E-state index in [1.165, 1.54) is 20.9 Å². The minimum absolute atomic E-state index is 0.127. The molecule has 5 atom stereocenters. The monoisotopic (exact) mass is 437 g/mol. The SMILES string of the molecule is CCC[C@H](NC(=O)[C@](C)(N)C(=O)CNC)C(=O)NC(CC(=O)O)P(=O)(O)C(C)N. The molecular weight excluding hydrogens is 405 g/mol. The summed E-state index contributed by atoms with van der Waals surface area (Å²) in [5.74, 6) is -6.71. The highest BCUT2D eigenvalue weighted by atomic mass is 31.2. The molecule has 168 valence electrons. The number of amides is 2. The van der Waals surface area contributed by atoms with Crippen LogP contribution >= 0.6 is 7.37 Å². The first kappa shape index (κ1) is 27.1. The van der Waals surface area contributed by atoms with Crippen LogP contribution in [0.15, 0.2) is 0 Å². The summed E-state index contributed by atoms with van der Waals surface area (Å²) in [6.07, 6.45) is -0.261. The van der Waals surface area contributed by atoms with Crippen molar-refractivity contribution in [3.63, 3.8) is 0 Å². The number of aliphatic carboxylic acids is 1. The molecule has 0 bridgehead atoms. The maximum atomic E-state index is 12.6. The summed E-state index contributed by atoms with van der Waals surface area (Å²) in [6.45, 7) is 4.00. The number of hydrogen-bond acceptors (Lipinski definition) is 8. The van der Waals surface area contributed by atoms with Crippen molar-refractivity contribution in [3.8, 4) is 0 Å². The molecule has 3 unspecified atom stereocenters. The van der Waals surface area contributed by atoms with Crippen LogP contribution in [0, 0.1) is 0 Å². The van der Waals surface area contributed by atoms with E-state index in [9.17, 15) is 28.6 Å². The van der Waals surface area contributed by atoms with E-state index in [0.29, 0.717) is 6.42 Å². The minimum Gasteiger partial charge on any atom is -0.481 e. The number of carboxylic acids is 1. The van der Waals surface area contributed by atoms with Crippen LogP contribution in [0.1, 0.15) is 40.0 Å². The summed E-state index contributed by atoms with van der Waals surface area (Å²) in [7, 11) is -2.76. The molecule has 0 aromatic heterocycles. The lowest BCUT2D eigenvalue weighted by Crippen LogP contribution is -2.62. The van der Waals surface area contributed by atoms with E-state index in [-0.39, 0.29) is 13.0 Å². The van der Waals surface area contributed by atoms with Crippen LogP contribution in [0.25, 0.3) is 0 Å². The summed E-state index contributed by atoms with van der Waals surface area (Å²) < 4.78 is 12.4. The van der Waals surface area contributed by atoms with Gasteiger partial charge in [0.25, 0.3) is 0 Å². The minimum atomic E-state index is -4.27. The first-order valence-electron chi connectivity index (χ1n) is 9.09. The highest BCUT2D eigenvalue weighted by Crippen LogP contribution is 2.49. The molecule has 0 aliphatic carbocycles. The van der Waals surface area contributed by atoms with E-state index >= 15 is 0 Å². The predicted molar refractivity (Wildman–Crippen MR) is 106 cm³/mol. The fourth-order valence-electron chi connectivity index (χ4n) is 2.32. The van der Waals surface area contributed by atoms with E-state index in [2.05, 4.69) is 16.0 Å². The standard InChI is InChI=1S/C16H32N5O7P/c1-5-6-10(20-15(26)16(3,18)11(22)8-19-4)14(25)21-12(7-13(23)24)29(27,28)9(2)17/h9-10,12,19H,5-8,17-18H2,1-4H3,(H,20,26)(H,21,25)(H,23,24)(H,27,28)/t9?,10-,12?,16+/m0/s1. The predicted octanol–water partition coefficient (Wildman–Crippen LogP) is -1.73. The van der Waals surface area contributed by atoms with Gasteiger partial charge in [-0.05, 0) is 27.3 Å². The topological polar surface area (TPSA) is 214 Å². The van der Waals surface area contributed by atoms with Crippen LogP contribution in [0.2, 0.25) is 0 Å². The van der Waals surface area contributed by atoms with Crippen molar-refractivity contribution in [2.75, 3.05) is 13.6 Å². The van der Waals surface area contributed by atoms with Gasteiger partial charge in [0.2, 0.25) is 19.2 Å². The molecule has 0 radical (unpaired) electrons. The molecule has 0 spiro atoms. The van der Waals surface area contributed by atoms with Gasteiger partial charge in [0.15, 0.2) is 11.3 Å². The Kier molecular flexibility index (Phi) is 10.6. The number of ketones is 1. The highest BCUT2D eigenvalue weighted by Gasteiger charge is 2.41. The molecule has 29 heavy (non-hydrogen) atoms. The van der Waals surface area contributed by atoms with Gasteiger partial charge in [0, 0.05) is 0 Å². The number of nitrogens with two attached hydrogens (primary N) is 2. The van der Waals surface area contributed by atoms with Crippen molar-refractivity contribution >= 4 is 30.9 Å². The summed E-state index contributed by atoms with van der Waals surface area (Å²) in [4.78, 5) is 58.2. The van der Waals surface area contributed by atoms with Gasteiger partial charge in [-0.1, -0.05) is 13.3 Å². The largest absolute Gasteiger partial charge is 0.481 e. The number of likely N-dealkylation sites (N-methyl/N-ethyl adjacent to an activating group) is 1. The number of nitrogens with one attached hydrogen (secondary N) is 3. The number of carbonyl (C=O) groups is 4. The van der Waals surface area contributed by atoms with Crippen LogP contribution < -0.4 is 27.4 Å². The quantitative estimate of drug-likeness (QED) is 0.128. The van der Waals surface area contributed by atoms with Gasteiger partial charge in [-0.2, -0.15) is 0 Å². The van der Waals surface area contributed by atoms with E-state index in [0.717, 1.165) is 0 Å². The Hall–Kier alpha value is -1.85. The second-order valence-electron chi connectivity index (χ2n) is 7.01. The van der Waals surface area contributed by atoms with E-state index in [1.807, 2.05) is 0 Å². The second-order valence-corrected chi connectivity index (χ2v) is 9.79. The van der Waals surface area contributed by atoms with Crippen molar-refractivity contribution in [1.29, 1.82) is 0 Å². The molecule has 0 fully saturated rings. The zero-order valence-electron chi connectivity index (χ0n) is 17.1. The summed E-state index contributed by atoms with van der Waals surface area (Å²) in [6, 6.07) is -1.19. The van der Waals surface area contributed by atoms with Crippen LogP contribution in [0.5, 0.6) is 0 Å². The third kappa shape index (κ3) is 7.82. The van der Waals surface area contributed by atoms with E-state index < -0.39 is 60.5 Å². The van der Waals surface area contributed by atoms with Crippen molar-refractivity contribution in [3.05, 3.63) is 0 Å². The Morgan fingerprint density at radius 2 is 1.76 bits per heavy atom. The van der Waals surface area contributed by atoms with Crippen molar-refractivity contribution in [1.82, 2.24) is 16.0 Å². The maximum absolute atomic E-state index is 12.6. The summed E-state index contributed by atoms with van der Waals surface area (Å²) in [5, 5.41) is 16.1. The number of carboxylic acid groups (broad SMARTS) is 1. The number of Topliss-reactive ketones (excluding diaryl/α,β-unsaturated/α-hetero) is 1. The molecule has 12 nitrogen and oxygen atoms in total. The van der Waals surface area contributed by atoms with E-state index in [4.69, 9.17) is 16.6 Å². The Morgan fingerprint density at radius 1 is 1.21 bits per heavy atom. The number of carbonyl (C=O) groups excluding carboxylic acids is 3. The molecule has 0 rings (SSSR count). The summed E-state index contributed by atoms with van der Waals surface area (Å²) >= 11 is 0. The molecule has 0 heterocycles. The lowest BCUT2D eigenvalue weighted by molar-refractivity contribution is -0.139. The van der Waals surface area contributed by atoms with Crippen LogP contribution in [0.4, 0.5) is 0 Å². The molecule has 0 saturated carbocycles. The fourth-order valence-corrected chi connectivity index (χ4v) is 3.62. The van der Waals surface area contributed by atoms with Gasteiger partial charge in [-0.3, -0.25) is 23.7 Å². The van der Waals surface area contributed by atoms with Gasteiger partial charge in [-0.25, -0.2) is 0 Å². The van der Waals surface area contributed by atoms with Crippen LogP contribution in [0.3, 0.4) is 0 Å². The first-order valence-corrected chi connectivity index (χ1v) is 10.9. The van der Waals surface area contributed by atoms with Gasteiger partial charge >= 0.3 is 5.97 Å². The molecule has 0 saturated heterocycles. The molecule has 9 N–H and O–H groups in total. The lowest BCUT2D eigenvalue weighted by Gasteiger charge is -2.29. The van der Waals surface area contributed by atoms with Gasteiger partial charge in [0.1, 0.15) is 11.8 Å². The molecular formula is C16H32N5O7P. The maximum Gasteiger partial charge on any atom is 0.306 e. The Labute approximate surface area is 169 Å². The number of hydrogen-bond donors (Lipinski definition) is 7. The highest BCUT2D eigenvalue weighted by molar-refractivity contribution is 7.59. The summed E-state index contributed by atoms with van der Waals surface area (Å²) in [5.41, 5.74) is 9.36.